The van der Waals surface area contributed by atoms with E-state index in [0.29, 0.717) is 0 Å². The lowest BCUT2D eigenvalue weighted by molar-refractivity contribution is 0.603. The second kappa shape index (κ2) is 7.50. The van der Waals surface area contributed by atoms with Gasteiger partial charge in [0.05, 0.1) is 0 Å². The van der Waals surface area contributed by atoms with Crippen LogP contribution in [0.15, 0.2) is 22.7 Å². The summed E-state index contributed by atoms with van der Waals surface area (Å²) in [5.41, 5.74) is 7.08. The van der Waals surface area contributed by atoms with Crippen LogP contribution in [0.3, 0.4) is 0 Å². The van der Waals surface area contributed by atoms with Gasteiger partial charge in [0, 0.05) is 15.5 Å². The van der Waals surface area contributed by atoms with Crippen LogP contribution in [0.25, 0.3) is 0 Å². The van der Waals surface area contributed by atoms with Gasteiger partial charge in [0.25, 0.3) is 0 Å². The van der Waals surface area contributed by atoms with Crippen LogP contribution in [0, 0.1) is 0 Å². The first-order valence-corrected chi connectivity index (χ1v) is 6.02. The lowest BCUT2D eigenvalue weighted by Crippen LogP contribution is -2.10. The van der Waals surface area contributed by atoms with Gasteiger partial charge in [-0.05, 0) is 24.1 Å². The summed E-state index contributed by atoms with van der Waals surface area (Å²) in [5, 5.41) is 0.753. The smallest absolute Gasteiger partial charge is 0.0464 e. The molecule has 1 nitrogen and oxygen atoms in total. The van der Waals surface area contributed by atoms with E-state index in [1.165, 1.54) is 6.42 Å². The number of halogens is 3. The minimum Gasteiger partial charge on any atom is -0.324 e. The minimum absolute atomic E-state index is 0. The van der Waals surface area contributed by atoms with Gasteiger partial charge in [-0.15, -0.1) is 12.4 Å². The topological polar surface area (TPSA) is 26.0 Å². The largest absolute Gasteiger partial charge is 0.324 e. The van der Waals surface area contributed by atoms with Crippen LogP contribution in [-0.2, 0) is 0 Å². The van der Waals surface area contributed by atoms with Crippen molar-refractivity contribution in [1.29, 1.82) is 0 Å². The Morgan fingerprint density at radius 2 is 2.13 bits per heavy atom. The molecule has 1 rings (SSSR count). The molecule has 1 aromatic rings. The molecule has 0 aliphatic rings. The summed E-state index contributed by atoms with van der Waals surface area (Å²) >= 11 is 9.47. The summed E-state index contributed by atoms with van der Waals surface area (Å²) in [6, 6.07) is 5.93. The maximum Gasteiger partial charge on any atom is 0.0464 e. The van der Waals surface area contributed by atoms with E-state index in [2.05, 4.69) is 22.9 Å². The van der Waals surface area contributed by atoms with Gasteiger partial charge in [0.15, 0.2) is 0 Å². The molecule has 0 spiro atoms. The molecule has 0 bridgehead atoms. The summed E-state index contributed by atoms with van der Waals surface area (Å²) in [7, 11) is 0. The predicted octanol–water partition coefficient (Wildman–Crippen LogP) is 4.71. The quantitative estimate of drug-likeness (QED) is 0.855. The van der Waals surface area contributed by atoms with E-state index in [1.807, 2.05) is 18.2 Å². The molecule has 0 aliphatic heterocycles. The van der Waals surface area contributed by atoms with Gasteiger partial charge in [-0.2, -0.15) is 0 Å². The van der Waals surface area contributed by atoms with Crippen LogP contribution in [0.2, 0.25) is 5.02 Å². The Morgan fingerprint density at radius 3 is 2.67 bits per heavy atom. The Hall–Kier alpha value is 0.240. The van der Waals surface area contributed by atoms with Gasteiger partial charge in [0.1, 0.15) is 0 Å². The number of unbranched alkanes of at least 4 members (excludes halogenated alkanes) is 1. The average Bonchev–Trinajstić information content (AvgIpc) is 2.14. The second-order valence-electron chi connectivity index (χ2n) is 3.41. The SMILES string of the molecule is CCCC[C@@H](N)c1ccc(Br)cc1Cl.Cl. The fourth-order valence-corrected chi connectivity index (χ4v) is 2.20. The van der Waals surface area contributed by atoms with Crippen LogP contribution in [0.1, 0.15) is 37.8 Å². The van der Waals surface area contributed by atoms with Crippen molar-refractivity contribution in [2.24, 2.45) is 5.73 Å². The molecule has 86 valence electrons. The molecule has 0 amide bonds. The Kier molecular flexibility index (Phi) is 7.62. The zero-order valence-electron chi connectivity index (χ0n) is 8.67. The number of rotatable bonds is 4. The van der Waals surface area contributed by atoms with Crippen LogP contribution in [0.5, 0.6) is 0 Å². The van der Waals surface area contributed by atoms with Crippen molar-refractivity contribution in [1.82, 2.24) is 0 Å². The second-order valence-corrected chi connectivity index (χ2v) is 4.74. The number of hydrogen-bond donors (Lipinski definition) is 1. The highest BCUT2D eigenvalue weighted by Gasteiger charge is 2.09. The fourth-order valence-electron chi connectivity index (χ4n) is 1.38. The predicted molar refractivity (Wildman–Crippen MR) is 72.9 cm³/mol. The van der Waals surface area contributed by atoms with Crippen molar-refractivity contribution < 1.29 is 0 Å². The number of hydrogen-bond acceptors (Lipinski definition) is 1. The Labute approximate surface area is 111 Å². The van der Waals surface area contributed by atoms with Crippen LogP contribution < -0.4 is 5.73 Å². The van der Waals surface area contributed by atoms with Crippen molar-refractivity contribution in [2.45, 2.75) is 32.2 Å². The average molecular weight is 313 g/mol. The summed E-state index contributed by atoms with van der Waals surface area (Å²) in [6.07, 6.45) is 3.31. The highest BCUT2D eigenvalue weighted by molar-refractivity contribution is 9.10. The third kappa shape index (κ3) is 4.73. The molecule has 4 heteroatoms. The molecule has 0 saturated heterocycles. The molecule has 1 aromatic carbocycles. The molecule has 0 unspecified atom stereocenters. The molecule has 0 saturated carbocycles. The van der Waals surface area contributed by atoms with Gasteiger partial charge in [-0.3, -0.25) is 0 Å². The van der Waals surface area contributed by atoms with Gasteiger partial charge < -0.3 is 5.73 Å². The maximum absolute atomic E-state index is 6.09. The summed E-state index contributed by atoms with van der Waals surface area (Å²) in [4.78, 5) is 0. The molecule has 0 aromatic heterocycles. The molecule has 0 fully saturated rings. The zero-order valence-corrected chi connectivity index (χ0v) is 11.8. The summed E-state index contributed by atoms with van der Waals surface area (Å²) in [5.74, 6) is 0. The molecule has 0 aliphatic carbocycles. The standard InChI is InChI=1S/C11H15BrClN.ClH/c1-2-3-4-11(14)9-6-5-8(12)7-10(9)13;/h5-7,11H,2-4,14H2,1H3;1H/t11-;/m1./s1. The third-order valence-electron chi connectivity index (χ3n) is 2.23. The van der Waals surface area contributed by atoms with E-state index >= 15 is 0 Å². The first kappa shape index (κ1) is 15.2. The molecule has 15 heavy (non-hydrogen) atoms. The fraction of sp³-hybridized carbons (Fsp3) is 0.455. The highest BCUT2D eigenvalue weighted by Crippen LogP contribution is 2.27. The van der Waals surface area contributed by atoms with E-state index in [4.69, 9.17) is 17.3 Å². The van der Waals surface area contributed by atoms with Crippen molar-refractivity contribution in [3.8, 4) is 0 Å². The molecule has 1 atom stereocenters. The molecular formula is C11H16BrCl2N. The lowest BCUT2D eigenvalue weighted by atomic mass is 10.0. The van der Waals surface area contributed by atoms with E-state index in [9.17, 15) is 0 Å². The van der Waals surface area contributed by atoms with Crippen molar-refractivity contribution >= 4 is 39.9 Å². The number of benzene rings is 1. The minimum atomic E-state index is 0. The third-order valence-corrected chi connectivity index (χ3v) is 3.05. The molecule has 0 radical (unpaired) electrons. The Balaban J connectivity index is 0.00000196. The van der Waals surface area contributed by atoms with Crippen molar-refractivity contribution in [2.75, 3.05) is 0 Å². The van der Waals surface area contributed by atoms with E-state index in [-0.39, 0.29) is 18.4 Å². The molecule has 0 heterocycles. The first-order valence-electron chi connectivity index (χ1n) is 4.85. The zero-order chi connectivity index (χ0) is 10.6. The normalized spacial score (nSPS) is 12.0. The molecule has 2 N–H and O–H groups in total. The maximum atomic E-state index is 6.09. The molecular weight excluding hydrogens is 297 g/mol. The Morgan fingerprint density at radius 1 is 1.47 bits per heavy atom. The van der Waals surface area contributed by atoms with Crippen LogP contribution in [-0.4, -0.2) is 0 Å². The Bertz CT molecular complexity index is 305. The lowest BCUT2D eigenvalue weighted by Gasteiger charge is -2.13. The van der Waals surface area contributed by atoms with Crippen LogP contribution >= 0.6 is 39.9 Å². The van der Waals surface area contributed by atoms with E-state index < -0.39 is 0 Å². The van der Waals surface area contributed by atoms with Crippen molar-refractivity contribution in [3.63, 3.8) is 0 Å². The highest BCUT2D eigenvalue weighted by atomic mass is 79.9. The van der Waals surface area contributed by atoms with E-state index in [0.717, 1.165) is 27.9 Å². The first-order chi connectivity index (χ1) is 6.65. The van der Waals surface area contributed by atoms with Crippen LogP contribution in [0.4, 0.5) is 0 Å². The summed E-state index contributed by atoms with van der Waals surface area (Å²) < 4.78 is 0.994. The number of nitrogens with two attached hydrogens (primary N) is 1. The van der Waals surface area contributed by atoms with E-state index in [1.54, 1.807) is 0 Å². The van der Waals surface area contributed by atoms with Gasteiger partial charge in [0.2, 0.25) is 0 Å². The van der Waals surface area contributed by atoms with Gasteiger partial charge >= 0.3 is 0 Å². The van der Waals surface area contributed by atoms with Gasteiger partial charge in [-0.25, -0.2) is 0 Å². The van der Waals surface area contributed by atoms with Gasteiger partial charge in [-0.1, -0.05) is 53.4 Å². The monoisotopic (exact) mass is 311 g/mol. The summed E-state index contributed by atoms with van der Waals surface area (Å²) in [6.45, 7) is 2.16. The van der Waals surface area contributed by atoms with Crippen molar-refractivity contribution in [3.05, 3.63) is 33.3 Å².